The lowest BCUT2D eigenvalue weighted by molar-refractivity contribution is -0.120. The minimum atomic E-state index is -0.252. The van der Waals surface area contributed by atoms with Crippen LogP contribution in [0.5, 0.6) is 0 Å². The summed E-state index contributed by atoms with van der Waals surface area (Å²) < 4.78 is 13.4. The lowest BCUT2D eigenvalue weighted by atomic mass is 9.80. The summed E-state index contributed by atoms with van der Waals surface area (Å²) in [6.07, 6.45) is 0.862. The van der Waals surface area contributed by atoms with Gasteiger partial charge in [0.05, 0.1) is 6.54 Å². The Labute approximate surface area is 112 Å². The Morgan fingerprint density at radius 1 is 1.58 bits per heavy atom. The van der Waals surface area contributed by atoms with E-state index in [1.807, 2.05) is 4.90 Å². The zero-order chi connectivity index (χ0) is 14.2. The molecule has 2 rings (SSSR count). The molecule has 5 heteroatoms. The average molecular weight is 265 g/mol. The third-order valence-corrected chi connectivity index (χ3v) is 3.81. The van der Waals surface area contributed by atoms with E-state index in [-0.39, 0.29) is 29.7 Å². The summed E-state index contributed by atoms with van der Waals surface area (Å²) in [7, 11) is 0. The summed E-state index contributed by atoms with van der Waals surface area (Å²) in [6.45, 7) is 6.43. The molecule has 1 heterocycles. The highest BCUT2D eigenvalue weighted by Gasteiger charge is 2.37. The van der Waals surface area contributed by atoms with Crippen molar-refractivity contribution < 1.29 is 9.18 Å². The fourth-order valence-corrected chi connectivity index (χ4v) is 2.95. The first-order valence-corrected chi connectivity index (χ1v) is 6.41. The van der Waals surface area contributed by atoms with Crippen LogP contribution >= 0.6 is 0 Å². The van der Waals surface area contributed by atoms with Crippen molar-refractivity contribution in [3.63, 3.8) is 0 Å². The molecule has 19 heavy (non-hydrogen) atoms. The highest BCUT2D eigenvalue weighted by atomic mass is 19.1. The van der Waals surface area contributed by atoms with Gasteiger partial charge < -0.3 is 4.90 Å². The molecule has 0 bridgehead atoms. The zero-order valence-electron chi connectivity index (χ0n) is 11.5. The molecule has 0 saturated carbocycles. The van der Waals surface area contributed by atoms with Crippen LogP contribution < -0.4 is 16.2 Å². The fourth-order valence-electron chi connectivity index (χ4n) is 2.95. The Morgan fingerprint density at radius 3 is 2.89 bits per heavy atom. The lowest BCUT2D eigenvalue weighted by Gasteiger charge is -2.47. The molecule has 3 N–H and O–H groups in total. The van der Waals surface area contributed by atoms with Crippen molar-refractivity contribution in [1.29, 1.82) is 0 Å². The van der Waals surface area contributed by atoms with Gasteiger partial charge in [-0.25, -0.2) is 10.2 Å². The second-order valence-corrected chi connectivity index (χ2v) is 5.77. The Morgan fingerprint density at radius 2 is 2.26 bits per heavy atom. The molecule has 0 aliphatic carbocycles. The summed E-state index contributed by atoms with van der Waals surface area (Å²) in [5, 5.41) is 0. The third-order valence-electron chi connectivity index (χ3n) is 3.81. The van der Waals surface area contributed by atoms with Gasteiger partial charge in [-0.15, -0.1) is 0 Å². The quantitative estimate of drug-likeness (QED) is 0.488. The van der Waals surface area contributed by atoms with Crippen LogP contribution in [0.2, 0.25) is 0 Å². The Balaban J connectivity index is 2.45. The van der Waals surface area contributed by atoms with Crippen molar-refractivity contribution in [2.45, 2.75) is 38.6 Å². The van der Waals surface area contributed by atoms with E-state index in [9.17, 15) is 9.18 Å². The van der Waals surface area contributed by atoms with Gasteiger partial charge in [0.1, 0.15) is 5.82 Å². The maximum atomic E-state index is 13.4. The van der Waals surface area contributed by atoms with Crippen LogP contribution in [0.15, 0.2) is 18.2 Å². The van der Waals surface area contributed by atoms with E-state index in [0.29, 0.717) is 0 Å². The topological polar surface area (TPSA) is 58.4 Å². The van der Waals surface area contributed by atoms with Crippen molar-refractivity contribution in [2.24, 2.45) is 5.84 Å². The summed E-state index contributed by atoms with van der Waals surface area (Å²) in [5.41, 5.74) is 3.84. The van der Waals surface area contributed by atoms with Crippen molar-refractivity contribution in [3.05, 3.63) is 29.6 Å². The van der Waals surface area contributed by atoms with Crippen LogP contribution in [0.25, 0.3) is 0 Å². The van der Waals surface area contributed by atoms with Gasteiger partial charge in [-0.05, 0) is 49.9 Å². The van der Waals surface area contributed by atoms with Gasteiger partial charge >= 0.3 is 0 Å². The van der Waals surface area contributed by atoms with Crippen LogP contribution in [0.4, 0.5) is 10.1 Å². The molecule has 0 unspecified atom stereocenters. The second kappa shape index (κ2) is 4.81. The largest absolute Gasteiger partial charge is 0.357 e. The average Bonchev–Trinajstić information content (AvgIpc) is 2.34. The fraction of sp³-hybridized carbons (Fsp3) is 0.500. The first-order chi connectivity index (χ1) is 8.85. The molecule has 0 spiro atoms. The minimum absolute atomic E-state index is 0.170. The number of rotatable bonds is 2. The van der Waals surface area contributed by atoms with Gasteiger partial charge in [0.25, 0.3) is 5.91 Å². The number of halogens is 1. The minimum Gasteiger partial charge on any atom is -0.357 e. The number of anilines is 1. The van der Waals surface area contributed by atoms with Gasteiger partial charge in [0.15, 0.2) is 0 Å². The number of hydrazine groups is 1. The number of nitrogens with one attached hydrogen (secondary N) is 1. The van der Waals surface area contributed by atoms with Gasteiger partial charge in [-0.2, -0.15) is 0 Å². The highest BCUT2D eigenvalue weighted by Crippen LogP contribution is 2.43. The number of benzene rings is 1. The van der Waals surface area contributed by atoms with E-state index in [0.717, 1.165) is 17.7 Å². The van der Waals surface area contributed by atoms with Crippen LogP contribution in [-0.4, -0.2) is 18.0 Å². The SMILES string of the molecule is C[C@H]1CC(C)(C)N(CC(=O)NN)c2ccc(F)cc21. The number of carbonyl (C=O) groups is 1. The van der Waals surface area contributed by atoms with E-state index in [2.05, 4.69) is 26.2 Å². The Hall–Kier alpha value is -1.62. The van der Waals surface area contributed by atoms with Crippen molar-refractivity contribution >= 4 is 11.6 Å². The number of fused-ring (bicyclic) bond motifs is 1. The molecule has 104 valence electrons. The lowest BCUT2D eigenvalue weighted by Crippen LogP contribution is -2.53. The smallest absolute Gasteiger partial charge is 0.253 e. The standard InChI is InChI=1S/C14H20FN3O/c1-9-7-14(2,3)18(8-13(19)17-16)12-5-4-10(15)6-11(9)12/h4-6,9H,7-8,16H2,1-3H3,(H,17,19)/t9-/m0/s1. The second-order valence-electron chi connectivity index (χ2n) is 5.77. The van der Waals surface area contributed by atoms with Crippen LogP contribution in [0.3, 0.4) is 0 Å². The molecule has 0 radical (unpaired) electrons. The normalized spacial score (nSPS) is 20.9. The van der Waals surface area contributed by atoms with Gasteiger partial charge in [0.2, 0.25) is 0 Å². The van der Waals surface area contributed by atoms with Crippen molar-refractivity contribution in [3.8, 4) is 0 Å². The molecular formula is C14H20FN3O. The number of nitrogens with zero attached hydrogens (tertiary/aromatic N) is 1. The highest BCUT2D eigenvalue weighted by molar-refractivity contribution is 5.82. The number of hydrogen-bond donors (Lipinski definition) is 2. The van der Waals surface area contributed by atoms with E-state index < -0.39 is 0 Å². The molecule has 4 nitrogen and oxygen atoms in total. The Kier molecular flexibility index (Phi) is 3.49. The summed E-state index contributed by atoms with van der Waals surface area (Å²) in [5.74, 6) is 4.93. The maximum Gasteiger partial charge on any atom is 0.253 e. The number of hydrogen-bond acceptors (Lipinski definition) is 3. The molecule has 1 aromatic carbocycles. The molecular weight excluding hydrogens is 245 g/mol. The first kappa shape index (κ1) is 13.8. The summed E-state index contributed by atoms with van der Waals surface area (Å²) in [6, 6.07) is 4.73. The van der Waals surface area contributed by atoms with Gasteiger partial charge in [-0.3, -0.25) is 10.2 Å². The monoisotopic (exact) mass is 265 g/mol. The predicted octanol–water partition coefficient (Wildman–Crippen LogP) is 1.91. The van der Waals surface area contributed by atoms with E-state index in [1.54, 1.807) is 12.1 Å². The number of carbonyl (C=O) groups excluding carboxylic acids is 1. The van der Waals surface area contributed by atoms with Gasteiger partial charge in [0, 0.05) is 11.2 Å². The summed E-state index contributed by atoms with van der Waals surface area (Å²) >= 11 is 0. The molecule has 0 fully saturated rings. The number of nitrogens with two attached hydrogens (primary N) is 1. The van der Waals surface area contributed by atoms with Crippen molar-refractivity contribution in [2.75, 3.05) is 11.4 Å². The zero-order valence-corrected chi connectivity index (χ0v) is 11.5. The van der Waals surface area contributed by atoms with Crippen molar-refractivity contribution in [1.82, 2.24) is 5.43 Å². The van der Waals surface area contributed by atoms with E-state index in [1.165, 1.54) is 6.07 Å². The summed E-state index contributed by atoms with van der Waals surface area (Å²) in [4.78, 5) is 13.6. The maximum absolute atomic E-state index is 13.4. The molecule has 1 aromatic rings. The third kappa shape index (κ3) is 2.56. The molecule has 1 amide bonds. The Bertz CT molecular complexity index is 501. The van der Waals surface area contributed by atoms with E-state index >= 15 is 0 Å². The molecule has 0 aromatic heterocycles. The first-order valence-electron chi connectivity index (χ1n) is 6.41. The predicted molar refractivity (Wildman–Crippen MR) is 73.2 cm³/mol. The van der Waals surface area contributed by atoms with Crippen LogP contribution in [0.1, 0.15) is 38.7 Å². The van der Waals surface area contributed by atoms with E-state index in [4.69, 9.17) is 5.84 Å². The molecule has 0 saturated heterocycles. The molecule has 1 aliphatic rings. The van der Waals surface area contributed by atoms with Gasteiger partial charge in [-0.1, -0.05) is 6.92 Å². The van der Waals surface area contributed by atoms with Crippen LogP contribution in [-0.2, 0) is 4.79 Å². The molecule has 1 aliphatic heterocycles. The van der Waals surface area contributed by atoms with Crippen LogP contribution in [0, 0.1) is 5.82 Å². The number of amides is 1. The molecule has 1 atom stereocenters.